The number of hydrogen-bond donors (Lipinski definition) is 2. The summed E-state index contributed by atoms with van der Waals surface area (Å²) in [4.78, 5) is 4.29. The highest BCUT2D eigenvalue weighted by atomic mass is 127. The third-order valence-corrected chi connectivity index (χ3v) is 4.02. The van der Waals surface area contributed by atoms with Crippen molar-refractivity contribution in [3.05, 3.63) is 35.4 Å². The van der Waals surface area contributed by atoms with E-state index in [2.05, 4.69) is 46.8 Å². The van der Waals surface area contributed by atoms with Gasteiger partial charge in [-0.2, -0.15) is 0 Å². The maximum Gasteiger partial charge on any atom is 0.190 e. The first-order chi connectivity index (χ1) is 9.85. The molecule has 0 aliphatic heterocycles. The van der Waals surface area contributed by atoms with Crippen LogP contribution in [0.4, 0.5) is 0 Å². The largest absolute Gasteiger partial charge is 0.356 e. The van der Waals surface area contributed by atoms with E-state index < -0.39 is 0 Å². The number of halogens is 1. The summed E-state index contributed by atoms with van der Waals surface area (Å²) in [6.45, 7) is 4.23. The van der Waals surface area contributed by atoms with Crippen LogP contribution in [0.1, 0.15) is 49.7 Å². The van der Waals surface area contributed by atoms with Crippen LogP contribution in [-0.2, 0) is 6.42 Å². The Hall–Kier alpha value is -0.780. The smallest absolute Gasteiger partial charge is 0.190 e. The molecule has 1 aromatic rings. The Morgan fingerprint density at radius 3 is 2.71 bits per heavy atom. The van der Waals surface area contributed by atoms with E-state index in [-0.39, 0.29) is 24.0 Å². The van der Waals surface area contributed by atoms with Crippen molar-refractivity contribution < 1.29 is 0 Å². The summed E-state index contributed by atoms with van der Waals surface area (Å²) < 4.78 is 0. The van der Waals surface area contributed by atoms with Crippen molar-refractivity contribution in [2.24, 2.45) is 4.99 Å². The van der Waals surface area contributed by atoms with Gasteiger partial charge in [0.1, 0.15) is 0 Å². The lowest BCUT2D eigenvalue weighted by molar-refractivity contribution is 0.580. The van der Waals surface area contributed by atoms with Crippen molar-refractivity contribution in [2.45, 2.75) is 44.9 Å². The molecule has 0 fully saturated rings. The molecule has 0 radical (unpaired) electrons. The van der Waals surface area contributed by atoms with Crippen molar-refractivity contribution in [1.29, 1.82) is 0 Å². The number of hydrogen-bond acceptors (Lipinski definition) is 1. The lowest BCUT2D eigenvalue weighted by atomic mass is 9.78. The third kappa shape index (κ3) is 5.49. The van der Waals surface area contributed by atoms with E-state index in [4.69, 9.17) is 0 Å². The number of guanidine groups is 1. The van der Waals surface area contributed by atoms with E-state index in [0.717, 1.165) is 19.0 Å². The van der Waals surface area contributed by atoms with Crippen molar-refractivity contribution in [1.82, 2.24) is 10.6 Å². The molecular weight excluding hydrogens is 373 g/mol. The molecule has 0 aromatic heterocycles. The second-order valence-corrected chi connectivity index (χ2v) is 5.54. The highest BCUT2D eigenvalue weighted by molar-refractivity contribution is 14.0. The monoisotopic (exact) mass is 401 g/mol. The minimum absolute atomic E-state index is 0. The van der Waals surface area contributed by atoms with Gasteiger partial charge in [-0.25, -0.2) is 0 Å². The summed E-state index contributed by atoms with van der Waals surface area (Å²) in [5.41, 5.74) is 3.00. The van der Waals surface area contributed by atoms with Gasteiger partial charge >= 0.3 is 0 Å². The van der Waals surface area contributed by atoms with Crippen LogP contribution in [0.15, 0.2) is 29.3 Å². The molecule has 0 saturated heterocycles. The first-order valence-electron chi connectivity index (χ1n) is 7.87. The molecule has 3 nitrogen and oxygen atoms in total. The van der Waals surface area contributed by atoms with Gasteiger partial charge in [-0.1, -0.05) is 50.5 Å². The molecule has 1 aliphatic rings. The van der Waals surface area contributed by atoms with Crippen LogP contribution < -0.4 is 10.6 Å². The number of fused-ring (bicyclic) bond motifs is 1. The molecule has 0 saturated carbocycles. The minimum Gasteiger partial charge on any atom is -0.356 e. The first-order valence-corrected chi connectivity index (χ1v) is 7.87. The molecular formula is C17H28IN3. The van der Waals surface area contributed by atoms with Gasteiger partial charge in [0.15, 0.2) is 5.96 Å². The van der Waals surface area contributed by atoms with Gasteiger partial charge in [-0.15, -0.1) is 24.0 Å². The minimum atomic E-state index is 0. The summed E-state index contributed by atoms with van der Waals surface area (Å²) in [6.07, 6.45) is 6.33. The molecule has 1 aliphatic carbocycles. The van der Waals surface area contributed by atoms with E-state index >= 15 is 0 Å². The number of benzene rings is 1. The molecule has 1 unspecified atom stereocenters. The summed E-state index contributed by atoms with van der Waals surface area (Å²) in [5.74, 6) is 1.58. The maximum absolute atomic E-state index is 4.29. The third-order valence-electron chi connectivity index (χ3n) is 4.02. The lowest BCUT2D eigenvalue weighted by Crippen LogP contribution is -2.41. The number of aliphatic imine (C=N–C) groups is 1. The van der Waals surface area contributed by atoms with Gasteiger partial charge in [-0.05, 0) is 24.0 Å². The Kier molecular flexibility index (Phi) is 8.73. The van der Waals surface area contributed by atoms with E-state index in [9.17, 15) is 0 Å². The van der Waals surface area contributed by atoms with Crippen molar-refractivity contribution in [2.75, 3.05) is 20.1 Å². The topological polar surface area (TPSA) is 36.4 Å². The predicted molar refractivity (Wildman–Crippen MR) is 102 cm³/mol. The maximum atomic E-state index is 4.29. The van der Waals surface area contributed by atoms with Gasteiger partial charge in [0.25, 0.3) is 0 Å². The summed E-state index contributed by atoms with van der Waals surface area (Å²) in [6, 6.07) is 8.73. The molecule has 0 heterocycles. The van der Waals surface area contributed by atoms with E-state index in [1.54, 1.807) is 0 Å². The fraction of sp³-hybridized carbons (Fsp3) is 0.588. The van der Waals surface area contributed by atoms with Gasteiger partial charge in [0, 0.05) is 26.1 Å². The Morgan fingerprint density at radius 1 is 1.19 bits per heavy atom. The molecule has 2 rings (SSSR count). The highest BCUT2D eigenvalue weighted by Crippen LogP contribution is 2.33. The Bertz CT molecular complexity index is 445. The van der Waals surface area contributed by atoms with Gasteiger partial charge < -0.3 is 10.6 Å². The highest BCUT2D eigenvalue weighted by Gasteiger charge is 2.24. The zero-order valence-electron chi connectivity index (χ0n) is 13.2. The molecule has 1 aromatic carbocycles. The standard InChI is InChI=1S/C17H27N3.HI/c1-3-4-5-8-11-19-17(18-2)20-13-15-12-14-9-6-7-10-16(14)15;/h6-7,9-10,15H,3-5,8,11-13H2,1-2H3,(H2,18,19,20);1H. The zero-order valence-corrected chi connectivity index (χ0v) is 15.5. The Morgan fingerprint density at radius 2 is 2.00 bits per heavy atom. The second-order valence-electron chi connectivity index (χ2n) is 5.54. The molecule has 4 heteroatoms. The Labute approximate surface area is 146 Å². The normalized spacial score (nSPS) is 16.5. The predicted octanol–water partition coefficient (Wildman–Crippen LogP) is 3.69. The van der Waals surface area contributed by atoms with Gasteiger partial charge in [0.2, 0.25) is 0 Å². The molecule has 0 spiro atoms. The van der Waals surface area contributed by atoms with Gasteiger partial charge in [0.05, 0.1) is 0 Å². The molecule has 21 heavy (non-hydrogen) atoms. The fourth-order valence-electron chi connectivity index (χ4n) is 2.74. The van der Waals surface area contributed by atoms with E-state index in [0.29, 0.717) is 5.92 Å². The lowest BCUT2D eigenvalue weighted by Gasteiger charge is -2.30. The van der Waals surface area contributed by atoms with Crippen LogP contribution in [0.2, 0.25) is 0 Å². The van der Waals surface area contributed by atoms with Crippen LogP contribution in [0.3, 0.4) is 0 Å². The quantitative estimate of drug-likeness (QED) is 0.317. The summed E-state index contributed by atoms with van der Waals surface area (Å²) in [7, 11) is 1.84. The number of rotatable bonds is 7. The van der Waals surface area contributed by atoms with Crippen LogP contribution in [0, 0.1) is 0 Å². The number of unbranched alkanes of at least 4 members (excludes halogenated alkanes) is 3. The summed E-state index contributed by atoms with van der Waals surface area (Å²) >= 11 is 0. The molecule has 1 atom stereocenters. The molecule has 0 bridgehead atoms. The van der Waals surface area contributed by atoms with Crippen LogP contribution in [-0.4, -0.2) is 26.1 Å². The molecule has 0 amide bonds. The number of nitrogens with one attached hydrogen (secondary N) is 2. The van der Waals surface area contributed by atoms with E-state index in [1.165, 1.54) is 43.2 Å². The SMILES string of the molecule is CCCCCCNC(=NC)NCC1Cc2ccccc21.I. The second kappa shape index (κ2) is 10.0. The first kappa shape index (κ1) is 18.3. The van der Waals surface area contributed by atoms with Crippen LogP contribution in [0.25, 0.3) is 0 Å². The Balaban J connectivity index is 0.00000220. The van der Waals surface area contributed by atoms with E-state index in [1.807, 2.05) is 7.05 Å². The van der Waals surface area contributed by atoms with Gasteiger partial charge in [-0.3, -0.25) is 4.99 Å². The number of nitrogens with zero attached hydrogens (tertiary/aromatic N) is 1. The van der Waals surface area contributed by atoms with Crippen molar-refractivity contribution in [3.63, 3.8) is 0 Å². The summed E-state index contributed by atoms with van der Waals surface area (Å²) in [5, 5.41) is 6.84. The van der Waals surface area contributed by atoms with Crippen molar-refractivity contribution >= 4 is 29.9 Å². The molecule has 118 valence electrons. The molecule has 2 N–H and O–H groups in total. The zero-order chi connectivity index (χ0) is 14.2. The fourth-order valence-corrected chi connectivity index (χ4v) is 2.74. The van der Waals surface area contributed by atoms with Crippen molar-refractivity contribution in [3.8, 4) is 0 Å². The van der Waals surface area contributed by atoms with Crippen LogP contribution in [0.5, 0.6) is 0 Å². The average Bonchev–Trinajstić information content (AvgIpc) is 2.46. The average molecular weight is 401 g/mol. The van der Waals surface area contributed by atoms with Crippen LogP contribution >= 0.6 is 24.0 Å².